The minimum atomic E-state index is 0. The Morgan fingerprint density at radius 3 is 2.42 bits per heavy atom. The molecule has 152 valence electrons. The van der Waals surface area contributed by atoms with Crippen molar-refractivity contribution in [2.75, 3.05) is 59.0 Å². The zero-order valence-corrected chi connectivity index (χ0v) is 18.9. The molecule has 0 radical (unpaired) electrons. The van der Waals surface area contributed by atoms with E-state index in [1.165, 1.54) is 38.8 Å². The van der Waals surface area contributed by atoms with Crippen molar-refractivity contribution < 1.29 is 4.74 Å². The van der Waals surface area contributed by atoms with Gasteiger partial charge in [0.15, 0.2) is 5.96 Å². The molecule has 0 aromatic carbocycles. The summed E-state index contributed by atoms with van der Waals surface area (Å²) in [6, 6.07) is 1.48. The van der Waals surface area contributed by atoms with Crippen molar-refractivity contribution in [3.05, 3.63) is 0 Å². The largest absolute Gasteiger partial charge is 0.379 e. The highest BCUT2D eigenvalue weighted by Gasteiger charge is 2.31. The number of aliphatic imine (C=N–C) groups is 1. The van der Waals surface area contributed by atoms with Gasteiger partial charge in [0.25, 0.3) is 0 Å². The summed E-state index contributed by atoms with van der Waals surface area (Å²) in [7, 11) is 0. The first-order valence-electron chi connectivity index (χ1n) is 10.3. The maximum Gasteiger partial charge on any atom is 0.191 e. The molecule has 0 aromatic rings. The fraction of sp³-hybridized carbons (Fsp3) is 0.947. The van der Waals surface area contributed by atoms with Gasteiger partial charge in [0.1, 0.15) is 0 Å². The molecule has 3 rings (SSSR count). The predicted octanol–water partition coefficient (Wildman–Crippen LogP) is 1.75. The van der Waals surface area contributed by atoms with Gasteiger partial charge in [-0.25, -0.2) is 0 Å². The fourth-order valence-corrected chi connectivity index (χ4v) is 3.89. The maximum absolute atomic E-state index is 5.43. The van der Waals surface area contributed by atoms with Crippen LogP contribution in [0.2, 0.25) is 0 Å². The van der Waals surface area contributed by atoms with Crippen LogP contribution in [-0.4, -0.2) is 86.9 Å². The summed E-state index contributed by atoms with van der Waals surface area (Å²) >= 11 is 0. The highest BCUT2D eigenvalue weighted by molar-refractivity contribution is 14.0. The molecule has 3 fully saturated rings. The Morgan fingerprint density at radius 2 is 1.81 bits per heavy atom. The van der Waals surface area contributed by atoms with E-state index in [-0.39, 0.29) is 24.0 Å². The molecular formula is C19H38IN5O. The first-order valence-corrected chi connectivity index (χ1v) is 10.3. The molecule has 2 aliphatic heterocycles. The van der Waals surface area contributed by atoms with Gasteiger partial charge in [-0.05, 0) is 38.5 Å². The van der Waals surface area contributed by atoms with Gasteiger partial charge in [0.2, 0.25) is 0 Å². The zero-order valence-electron chi connectivity index (χ0n) is 16.6. The maximum atomic E-state index is 5.43. The van der Waals surface area contributed by atoms with Gasteiger partial charge in [0.05, 0.1) is 13.2 Å². The summed E-state index contributed by atoms with van der Waals surface area (Å²) in [6.45, 7) is 13.7. The third-order valence-corrected chi connectivity index (χ3v) is 5.51. The van der Waals surface area contributed by atoms with Crippen molar-refractivity contribution in [1.82, 2.24) is 20.4 Å². The van der Waals surface area contributed by atoms with Crippen molar-refractivity contribution >= 4 is 29.9 Å². The molecule has 2 heterocycles. The van der Waals surface area contributed by atoms with Gasteiger partial charge in [-0.15, -0.1) is 24.0 Å². The Labute approximate surface area is 176 Å². The quantitative estimate of drug-likeness (QED) is 0.331. The number of rotatable bonds is 7. The molecule has 1 saturated carbocycles. The number of guanidine groups is 1. The van der Waals surface area contributed by atoms with E-state index < -0.39 is 0 Å². The standard InChI is InChI=1S/C19H37N5O.HI/c1-3-20-19(21-14-16(2)15-23-10-12-25-13-11-23)22-17-6-8-24(9-7-17)18-4-5-18;/h16-18H,3-15H2,1-2H3,(H2,20,21,22);1H. The molecule has 7 heteroatoms. The number of likely N-dealkylation sites (tertiary alicyclic amines) is 1. The van der Waals surface area contributed by atoms with Gasteiger partial charge >= 0.3 is 0 Å². The lowest BCUT2D eigenvalue weighted by Gasteiger charge is -2.33. The number of piperidine rings is 1. The Balaban J connectivity index is 0.00000243. The van der Waals surface area contributed by atoms with Crippen LogP contribution in [0.5, 0.6) is 0 Å². The van der Waals surface area contributed by atoms with E-state index in [4.69, 9.17) is 9.73 Å². The van der Waals surface area contributed by atoms with Crippen LogP contribution in [0.4, 0.5) is 0 Å². The number of ether oxygens (including phenoxy) is 1. The predicted molar refractivity (Wildman–Crippen MR) is 119 cm³/mol. The summed E-state index contributed by atoms with van der Waals surface area (Å²) < 4.78 is 5.43. The number of nitrogens with zero attached hydrogens (tertiary/aromatic N) is 3. The molecule has 0 bridgehead atoms. The van der Waals surface area contributed by atoms with Crippen LogP contribution < -0.4 is 10.6 Å². The van der Waals surface area contributed by atoms with Gasteiger partial charge in [-0.2, -0.15) is 0 Å². The molecule has 1 unspecified atom stereocenters. The molecule has 3 aliphatic rings. The van der Waals surface area contributed by atoms with Crippen LogP contribution in [0.25, 0.3) is 0 Å². The highest BCUT2D eigenvalue weighted by atomic mass is 127. The highest BCUT2D eigenvalue weighted by Crippen LogP contribution is 2.29. The number of hydrogen-bond donors (Lipinski definition) is 2. The minimum Gasteiger partial charge on any atom is -0.379 e. The van der Waals surface area contributed by atoms with Crippen molar-refractivity contribution in [3.63, 3.8) is 0 Å². The van der Waals surface area contributed by atoms with Crippen molar-refractivity contribution in [1.29, 1.82) is 0 Å². The lowest BCUT2D eigenvalue weighted by Crippen LogP contribution is -2.49. The van der Waals surface area contributed by atoms with Crippen LogP contribution >= 0.6 is 24.0 Å². The van der Waals surface area contributed by atoms with E-state index in [9.17, 15) is 0 Å². The third kappa shape index (κ3) is 7.48. The first kappa shape index (κ1) is 22.2. The fourth-order valence-electron chi connectivity index (χ4n) is 3.89. The van der Waals surface area contributed by atoms with Crippen LogP contribution in [0.15, 0.2) is 4.99 Å². The van der Waals surface area contributed by atoms with Crippen molar-refractivity contribution in [3.8, 4) is 0 Å². The monoisotopic (exact) mass is 479 g/mol. The molecule has 1 aliphatic carbocycles. The van der Waals surface area contributed by atoms with Crippen molar-refractivity contribution in [2.24, 2.45) is 10.9 Å². The average molecular weight is 479 g/mol. The topological polar surface area (TPSA) is 52.1 Å². The summed E-state index contributed by atoms with van der Waals surface area (Å²) in [5.74, 6) is 1.58. The number of nitrogens with one attached hydrogen (secondary N) is 2. The Morgan fingerprint density at radius 1 is 1.12 bits per heavy atom. The molecule has 0 aromatic heterocycles. The zero-order chi connectivity index (χ0) is 17.5. The van der Waals surface area contributed by atoms with E-state index in [1.54, 1.807) is 0 Å². The van der Waals surface area contributed by atoms with Crippen LogP contribution in [0.3, 0.4) is 0 Å². The van der Waals surface area contributed by atoms with Crippen molar-refractivity contribution in [2.45, 2.75) is 51.6 Å². The number of hydrogen-bond acceptors (Lipinski definition) is 4. The Kier molecular flexibility index (Phi) is 9.94. The molecular weight excluding hydrogens is 441 g/mol. The first-order chi connectivity index (χ1) is 12.2. The molecule has 0 amide bonds. The second kappa shape index (κ2) is 11.7. The van der Waals surface area contributed by atoms with E-state index in [1.807, 2.05) is 0 Å². The van der Waals surface area contributed by atoms with E-state index in [0.29, 0.717) is 12.0 Å². The van der Waals surface area contributed by atoms with Gasteiger partial charge < -0.3 is 20.3 Å². The van der Waals surface area contributed by atoms with Gasteiger partial charge in [0, 0.05) is 57.9 Å². The summed E-state index contributed by atoms with van der Waals surface area (Å²) in [5.41, 5.74) is 0. The third-order valence-electron chi connectivity index (χ3n) is 5.51. The van der Waals surface area contributed by atoms with Gasteiger partial charge in [-0.3, -0.25) is 9.89 Å². The average Bonchev–Trinajstić information content (AvgIpc) is 3.47. The van der Waals surface area contributed by atoms with Crippen LogP contribution in [0, 0.1) is 5.92 Å². The number of halogens is 1. The molecule has 2 N–H and O–H groups in total. The summed E-state index contributed by atoms with van der Waals surface area (Å²) in [6.07, 6.45) is 5.32. The summed E-state index contributed by atoms with van der Waals surface area (Å²) in [4.78, 5) is 10.0. The Hall–Kier alpha value is -0.120. The minimum absolute atomic E-state index is 0. The summed E-state index contributed by atoms with van der Waals surface area (Å²) in [5, 5.41) is 7.10. The normalized spacial score (nSPS) is 24.8. The van der Waals surface area contributed by atoms with Gasteiger partial charge in [-0.1, -0.05) is 6.92 Å². The SMILES string of the molecule is CCNC(=NCC(C)CN1CCOCC1)NC1CCN(C2CC2)CC1.I. The lowest BCUT2D eigenvalue weighted by atomic mass is 10.1. The molecule has 2 saturated heterocycles. The molecule has 6 nitrogen and oxygen atoms in total. The molecule has 1 atom stereocenters. The smallest absolute Gasteiger partial charge is 0.191 e. The van der Waals surface area contributed by atoms with E-state index in [0.717, 1.165) is 57.9 Å². The van der Waals surface area contributed by atoms with E-state index >= 15 is 0 Å². The molecule has 0 spiro atoms. The second-order valence-corrected chi connectivity index (χ2v) is 7.92. The van der Waals surface area contributed by atoms with E-state index in [2.05, 4.69) is 34.3 Å². The van der Waals surface area contributed by atoms with Crippen LogP contribution in [-0.2, 0) is 4.74 Å². The number of morpholine rings is 1. The lowest BCUT2D eigenvalue weighted by molar-refractivity contribution is 0.0323. The second-order valence-electron chi connectivity index (χ2n) is 7.92. The van der Waals surface area contributed by atoms with Crippen LogP contribution in [0.1, 0.15) is 39.5 Å². The molecule has 26 heavy (non-hydrogen) atoms. The Bertz CT molecular complexity index is 418.